The molecule has 33 heavy (non-hydrogen) atoms. The second-order valence-corrected chi connectivity index (χ2v) is 11.3. The first-order valence-corrected chi connectivity index (χ1v) is 11.9. The van der Waals surface area contributed by atoms with E-state index >= 15 is 0 Å². The Labute approximate surface area is 193 Å². The molecule has 7 heteroatoms. The predicted octanol–water partition coefficient (Wildman–Crippen LogP) is 4.63. The Bertz CT molecular complexity index is 870. The second-order valence-electron chi connectivity index (χ2n) is 11.3. The fourth-order valence-electron chi connectivity index (χ4n) is 6.84. The molecule has 0 aliphatic heterocycles. The highest BCUT2D eigenvalue weighted by molar-refractivity contribution is 5.90. The summed E-state index contributed by atoms with van der Waals surface area (Å²) in [5.41, 5.74) is -0.167. The number of hydrogen-bond acceptors (Lipinski definition) is 5. The van der Waals surface area contributed by atoms with Crippen LogP contribution in [0.1, 0.15) is 76.6 Å². The van der Waals surface area contributed by atoms with E-state index in [-0.39, 0.29) is 16.6 Å². The van der Waals surface area contributed by atoms with Gasteiger partial charge in [-0.2, -0.15) is 8.78 Å². The summed E-state index contributed by atoms with van der Waals surface area (Å²) in [6, 6.07) is 6.20. The van der Waals surface area contributed by atoms with Gasteiger partial charge in [0.05, 0.1) is 5.56 Å². The quantitative estimate of drug-likeness (QED) is 0.526. The first kappa shape index (κ1) is 24.0. The van der Waals surface area contributed by atoms with E-state index in [1.54, 1.807) is 12.1 Å². The minimum Gasteiger partial charge on any atom is -0.544 e. The van der Waals surface area contributed by atoms with E-state index in [1.165, 1.54) is 64.5 Å². The maximum absolute atomic E-state index is 13.9. The van der Waals surface area contributed by atoms with Crippen molar-refractivity contribution in [3.05, 3.63) is 29.8 Å². The lowest BCUT2D eigenvalue weighted by Crippen LogP contribution is -2.58. The van der Waals surface area contributed by atoms with Crippen molar-refractivity contribution in [3.8, 4) is 5.75 Å². The van der Waals surface area contributed by atoms with Crippen LogP contribution in [0.2, 0.25) is 0 Å². The minimum absolute atomic E-state index is 0.0507. The highest BCUT2D eigenvalue weighted by Crippen LogP contribution is 2.64. The van der Waals surface area contributed by atoms with E-state index in [2.05, 4.69) is 13.8 Å². The molecule has 4 fully saturated rings. The number of carbonyl (C=O) groups is 2. The van der Waals surface area contributed by atoms with Crippen molar-refractivity contribution in [2.24, 2.45) is 29.1 Å². The van der Waals surface area contributed by atoms with Crippen molar-refractivity contribution < 1.29 is 33.0 Å². The smallest absolute Gasteiger partial charge is 0.338 e. The highest BCUT2D eigenvalue weighted by atomic mass is 19.3. The lowest BCUT2D eigenvalue weighted by Gasteiger charge is -2.61. The van der Waals surface area contributed by atoms with Gasteiger partial charge in [-0.1, -0.05) is 13.8 Å². The number of esters is 1. The molecule has 0 spiro atoms. The van der Waals surface area contributed by atoms with Gasteiger partial charge in [-0.25, -0.2) is 4.79 Å². The van der Waals surface area contributed by atoms with Gasteiger partial charge in [-0.3, -0.25) is 0 Å². The van der Waals surface area contributed by atoms with Gasteiger partial charge in [0.1, 0.15) is 17.3 Å². The Hall–Kier alpha value is -2.18. The van der Waals surface area contributed by atoms with Crippen molar-refractivity contribution in [1.82, 2.24) is 0 Å². The Morgan fingerprint density at radius 3 is 1.91 bits per heavy atom. The van der Waals surface area contributed by atoms with E-state index in [0.29, 0.717) is 5.75 Å². The summed E-state index contributed by atoms with van der Waals surface area (Å²) < 4.78 is 39.2. The molecule has 0 amide bonds. The lowest BCUT2D eigenvalue weighted by atomic mass is 9.46. The molecule has 0 N–H and O–H groups in total. The molecule has 1 aromatic rings. The number of hydrogen-bond donors (Lipinski definition) is 0. The van der Waals surface area contributed by atoms with Gasteiger partial charge in [0.25, 0.3) is 0 Å². The molecule has 4 bridgehead atoms. The van der Waals surface area contributed by atoms with Crippen LogP contribution in [0.25, 0.3) is 0 Å². The van der Waals surface area contributed by atoms with Crippen LogP contribution in [-0.4, -0.2) is 29.6 Å². The van der Waals surface area contributed by atoms with Crippen LogP contribution in [-0.2, 0) is 9.53 Å². The van der Waals surface area contributed by atoms with E-state index in [9.17, 15) is 23.5 Å². The Morgan fingerprint density at radius 2 is 1.48 bits per heavy atom. The van der Waals surface area contributed by atoms with Crippen molar-refractivity contribution in [1.29, 1.82) is 0 Å². The van der Waals surface area contributed by atoms with Crippen LogP contribution in [0.4, 0.5) is 8.78 Å². The molecule has 0 aromatic heterocycles. The number of carboxylic acid groups (broad SMARTS) is 1. The fourth-order valence-corrected chi connectivity index (χ4v) is 6.84. The topological polar surface area (TPSA) is 75.7 Å². The molecule has 4 saturated carbocycles. The van der Waals surface area contributed by atoms with Gasteiger partial charge in [-0.15, -0.1) is 0 Å². The third-order valence-electron chi connectivity index (χ3n) is 8.25. The number of halogens is 2. The molecule has 0 heterocycles. The van der Waals surface area contributed by atoms with Crippen LogP contribution < -0.4 is 9.84 Å². The number of aliphatic carboxylic acids is 1. The fraction of sp³-hybridized carbons (Fsp3) is 0.692. The molecule has 5 nitrogen and oxygen atoms in total. The molecule has 1 aromatic carbocycles. The summed E-state index contributed by atoms with van der Waals surface area (Å²) >= 11 is 0. The lowest BCUT2D eigenvalue weighted by molar-refractivity contribution is -0.337. The number of benzene rings is 1. The number of alkyl halides is 2. The third kappa shape index (κ3) is 4.35. The van der Waals surface area contributed by atoms with Crippen LogP contribution in [0.5, 0.6) is 5.75 Å². The van der Waals surface area contributed by atoms with Crippen molar-refractivity contribution in [2.75, 3.05) is 0 Å². The normalized spacial score (nSPS) is 29.7. The Morgan fingerprint density at radius 1 is 1.00 bits per heavy atom. The first-order chi connectivity index (χ1) is 15.3. The van der Waals surface area contributed by atoms with Gasteiger partial charge >= 0.3 is 11.9 Å². The zero-order valence-electron chi connectivity index (χ0n) is 19.7. The van der Waals surface area contributed by atoms with Gasteiger partial charge < -0.3 is 19.4 Å². The molecular weight excluding hydrogens is 430 g/mol. The molecular formula is C26H33F2O5-. The second kappa shape index (κ2) is 8.24. The average Bonchev–Trinajstić information content (AvgIpc) is 2.70. The summed E-state index contributed by atoms with van der Waals surface area (Å²) in [4.78, 5) is 23.3. The van der Waals surface area contributed by atoms with Crippen LogP contribution >= 0.6 is 0 Å². The van der Waals surface area contributed by atoms with Crippen LogP contribution in [0, 0.1) is 29.1 Å². The number of ether oxygens (including phenoxy) is 2. The molecule has 5 rings (SSSR count). The largest absolute Gasteiger partial charge is 0.544 e. The zero-order valence-corrected chi connectivity index (χ0v) is 19.7. The molecule has 4 aliphatic rings. The molecule has 1 unspecified atom stereocenters. The maximum Gasteiger partial charge on any atom is 0.338 e. The van der Waals surface area contributed by atoms with Crippen LogP contribution in [0.15, 0.2) is 24.3 Å². The Balaban J connectivity index is 1.45. The Kier molecular flexibility index (Phi) is 5.98. The van der Waals surface area contributed by atoms with Gasteiger partial charge in [-0.05, 0) is 100 Å². The van der Waals surface area contributed by atoms with Gasteiger partial charge in [0.2, 0.25) is 0 Å². The number of carboxylic acids is 1. The third-order valence-corrected chi connectivity index (χ3v) is 8.25. The molecule has 0 saturated heterocycles. The SMILES string of the molecule is CC(C)C(OC(=O)c1ccc(OC(C)(C)C23CC4CC(CC(C4)C2)C3)cc1)C(F)(F)C(=O)[O-]. The van der Waals surface area contributed by atoms with E-state index in [4.69, 9.17) is 9.47 Å². The standard InChI is InChI=1S/C26H34F2O5/c1-15(2)21(26(27,28)23(30)31)32-22(29)19-5-7-20(8-6-19)33-24(3,4)25-12-16-9-17(13-25)11-18(10-16)14-25/h5-8,15-18,21H,9-14H2,1-4H3,(H,30,31)/p-1. The summed E-state index contributed by atoms with van der Waals surface area (Å²) in [6.07, 6.45) is 5.50. The molecule has 1 atom stereocenters. The molecule has 0 radical (unpaired) electrons. The van der Waals surface area contributed by atoms with E-state index in [0.717, 1.165) is 17.8 Å². The minimum atomic E-state index is -4.28. The van der Waals surface area contributed by atoms with Gasteiger partial charge in [0, 0.05) is 5.41 Å². The highest BCUT2D eigenvalue weighted by Gasteiger charge is 2.58. The van der Waals surface area contributed by atoms with Gasteiger partial charge in [0.15, 0.2) is 6.10 Å². The number of rotatable bonds is 8. The van der Waals surface area contributed by atoms with Crippen molar-refractivity contribution >= 4 is 11.9 Å². The van der Waals surface area contributed by atoms with Crippen molar-refractivity contribution in [3.63, 3.8) is 0 Å². The number of carbonyl (C=O) groups excluding carboxylic acids is 2. The summed E-state index contributed by atoms with van der Waals surface area (Å²) in [5.74, 6) is -5.78. The van der Waals surface area contributed by atoms with Crippen molar-refractivity contribution in [2.45, 2.75) is 83.8 Å². The summed E-state index contributed by atoms with van der Waals surface area (Å²) in [6.45, 7) is 7.02. The van der Waals surface area contributed by atoms with E-state index in [1.807, 2.05) is 0 Å². The van der Waals surface area contributed by atoms with Crippen LogP contribution in [0.3, 0.4) is 0 Å². The predicted molar refractivity (Wildman–Crippen MR) is 116 cm³/mol. The first-order valence-electron chi connectivity index (χ1n) is 11.9. The zero-order chi connectivity index (χ0) is 24.2. The molecule has 182 valence electrons. The average molecular weight is 464 g/mol. The summed E-state index contributed by atoms with van der Waals surface area (Å²) in [5, 5.41) is 10.8. The molecule has 4 aliphatic carbocycles. The summed E-state index contributed by atoms with van der Waals surface area (Å²) in [7, 11) is 0. The monoisotopic (exact) mass is 463 g/mol. The maximum atomic E-state index is 13.9. The van der Waals surface area contributed by atoms with E-state index < -0.39 is 29.9 Å².